The van der Waals surface area contributed by atoms with Crippen LogP contribution in [-0.2, 0) is 4.79 Å². The topological polar surface area (TPSA) is 61.6 Å². The third-order valence-electron chi connectivity index (χ3n) is 2.19. The van der Waals surface area contributed by atoms with Gasteiger partial charge in [0.15, 0.2) is 0 Å². The average molecular weight is 186 g/mol. The maximum Gasteiger partial charge on any atom is 0.250 e. The Bertz CT molecular complexity index is 175. The van der Waals surface area contributed by atoms with Crippen molar-refractivity contribution in [2.75, 3.05) is 33.2 Å². The molecule has 1 atom stereocenters. The number of hydrazine groups is 1. The summed E-state index contributed by atoms with van der Waals surface area (Å²) < 4.78 is 0. The number of carbonyl (C=O) groups excluding carboxylic acids is 1. The smallest absolute Gasteiger partial charge is 0.250 e. The predicted octanol–water partition coefficient (Wildman–Crippen LogP) is -1.39. The first-order chi connectivity index (χ1) is 6.09. The zero-order valence-electron chi connectivity index (χ0n) is 8.29. The van der Waals surface area contributed by atoms with Gasteiger partial charge in [-0.25, -0.2) is 5.01 Å². The number of rotatable bonds is 2. The number of likely N-dealkylation sites (N-methyl/N-ethyl adjacent to an activating group) is 1. The second kappa shape index (κ2) is 4.55. The molecule has 0 spiro atoms. The van der Waals surface area contributed by atoms with E-state index in [1.807, 2.05) is 5.01 Å². The van der Waals surface area contributed by atoms with E-state index in [1.165, 1.54) is 0 Å². The molecule has 5 heteroatoms. The summed E-state index contributed by atoms with van der Waals surface area (Å²) in [6, 6.07) is -0.431. The van der Waals surface area contributed by atoms with Gasteiger partial charge in [0.05, 0.1) is 6.04 Å². The zero-order valence-corrected chi connectivity index (χ0v) is 8.29. The molecule has 1 heterocycles. The molecule has 0 aromatic carbocycles. The Kier molecular flexibility index (Phi) is 3.65. The molecule has 0 saturated carbocycles. The lowest BCUT2D eigenvalue weighted by atomic mass is 10.3. The van der Waals surface area contributed by atoms with Crippen molar-refractivity contribution >= 4 is 5.91 Å². The van der Waals surface area contributed by atoms with Gasteiger partial charge in [-0.15, -0.1) is 0 Å². The molecule has 1 fully saturated rings. The van der Waals surface area contributed by atoms with Gasteiger partial charge in [-0.3, -0.25) is 10.2 Å². The van der Waals surface area contributed by atoms with Crippen LogP contribution >= 0.6 is 0 Å². The van der Waals surface area contributed by atoms with Crippen LogP contribution in [0.5, 0.6) is 0 Å². The third-order valence-corrected chi connectivity index (χ3v) is 2.19. The van der Waals surface area contributed by atoms with Crippen molar-refractivity contribution in [2.24, 2.45) is 5.73 Å². The lowest BCUT2D eigenvalue weighted by Gasteiger charge is -2.32. The highest BCUT2D eigenvalue weighted by atomic mass is 16.2. The molecule has 76 valence electrons. The van der Waals surface area contributed by atoms with E-state index in [4.69, 9.17) is 5.73 Å². The van der Waals surface area contributed by atoms with Gasteiger partial charge in [-0.05, 0) is 14.0 Å². The van der Waals surface area contributed by atoms with Gasteiger partial charge in [0.2, 0.25) is 0 Å². The number of carbonyl (C=O) groups is 1. The molecule has 0 unspecified atom stereocenters. The van der Waals surface area contributed by atoms with Crippen molar-refractivity contribution in [3.05, 3.63) is 0 Å². The molecule has 0 aromatic rings. The zero-order chi connectivity index (χ0) is 9.84. The Balaban J connectivity index is 2.26. The van der Waals surface area contributed by atoms with Crippen molar-refractivity contribution in [3.63, 3.8) is 0 Å². The van der Waals surface area contributed by atoms with Gasteiger partial charge >= 0.3 is 0 Å². The summed E-state index contributed by atoms with van der Waals surface area (Å²) in [7, 11) is 2.07. The quantitative estimate of drug-likeness (QED) is 0.557. The number of hydrogen-bond acceptors (Lipinski definition) is 4. The van der Waals surface area contributed by atoms with E-state index < -0.39 is 6.04 Å². The minimum atomic E-state index is -0.431. The summed E-state index contributed by atoms with van der Waals surface area (Å²) >= 11 is 0. The Labute approximate surface area is 78.8 Å². The first-order valence-electron chi connectivity index (χ1n) is 4.59. The summed E-state index contributed by atoms with van der Waals surface area (Å²) in [5.41, 5.74) is 8.21. The lowest BCUT2D eigenvalue weighted by Crippen LogP contribution is -2.55. The Hall–Kier alpha value is -0.650. The molecule has 1 rings (SSSR count). The van der Waals surface area contributed by atoms with Crippen molar-refractivity contribution in [1.82, 2.24) is 15.3 Å². The van der Waals surface area contributed by atoms with Crippen LogP contribution in [0.4, 0.5) is 0 Å². The lowest BCUT2D eigenvalue weighted by molar-refractivity contribution is -0.127. The van der Waals surface area contributed by atoms with Crippen molar-refractivity contribution in [2.45, 2.75) is 13.0 Å². The van der Waals surface area contributed by atoms with Crippen molar-refractivity contribution < 1.29 is 4.79 Å². The number of piperazine rings is 1. The Morgan fingerprint density at radius 2 is 1.92 bits per heavy atom. The fourth-order valence-electron chi connectivity index (χ4n) is 1.18. The average Bonchev–Trinajstić information content (AvgIpc) is 2.08. The maximum absolute atomic E-state index is 11.2. The monoisotopic (exact) mass is 186 g/mol. The molecule has 3 N–H and O–H groups in total. The van der Waals surface area contributed by atoms with Crippen LogP contribution in [0.1, 0.15) is 6.92 Å². The molecular weight excluding hydrogens is 168 g/mol. The summed E-state index contributed by atoms with van der Waals surface area (Å²) in [6.45, 7) is 5.40. The molecule has 1 aliphatic heterocycles. The van der Waals surface area contributed by atoms with E-state index in [1.54, 1.807) is 6.92 Å². The van der Waals surface area contributed by atoms with Crippen molar-refractivity contribution in [3.8, 4) is 0 Å². The standard InChI is InChI=1S/C8H18N4O/c1-7(9)8(13)10-12-5-3-11(2)4-6-12/h7H,3-6,9H2,1-2H3,(H,10,13)/t7-/m1/s1. The second-order valence-electron chi connectivity index (χ2n) is 3.56. The minimum Gasteiger partial charge on any atom is -0.320 e. The number of amides is 1. The van der Waals surface area contributed by atoms with Gasteiger partial charge in [0.25, 0.3) is 5.91 Å². The van der Waals surface area contributed by atoms with Gasteiger partial charge in [-0.1, -0.05) is 0 Å². The van der Waals surface area contributed by atoms with E-state index in [0.29, 0.717) is 0 Å². The van der Waals surface area contributed by atoms with E-state index in [0.717, 1.165) is 26.2 Å². The highest BCUT2D eigenvalue weighted by Gasteiger charge is 2.16. The molecule has 0 bridgehead atoms. The predicted molar refractivity (Wildman–Crippen MR) is 50.9 cm³/mol. The van der Waals surface area contributed by atoms with Gasteiger partial charge in [-0.2, -0.15) is 0 Å². The van der Waals surface area contributed by atoms with Gasteiger partial charge < -0.3 is 10.6 Å². The molecule has 0 aliphatic carbocycles. The van der Waals surface area contributed by atoms with Crippen LogP contribution in [0.15, 0.2) is 0 Å². The van der Waals surface area contributed by atoms with E-state index in [9.17, 15) is 4.79 Å². The SMILES string of the molecule is C[C@@H](N)C(=O)NN1CCN(C)CC1. The highest BCUT2D eigenvalue weighted by Crippen LogP contribution is 1.95. The molecule has 5 nitrogen and oxygen atoms in total. The Morgan fingerprint density at radius 1 is 1.38 bits per heavy atom. The van der Waals surface area contributed by atoms with E-state index in [-0.39, 0.29) is 5.91 Å². The summed E-state index contributed by atoms with van der Waals surface area (Å²) in [6.07, 6.45) is 0. The molecular formula is C8H18N4O. The summed E-state index contributed by atoms with van der Waals surface area (Å²) in [5.74, 6) is -0.107. The molecule has 1 amide bonds. The fraction of sp³-hybridized carbons (Fsp3) is 0.875. The molecule has 13 heavy (non-hydrogen) atoms. The summed E-state index contributed by atoms with van der Waals surface area (Å²) in [4.78, 5) is 13.4. The van der Waals surface area contributed by atoms with Crippen LogP contribution in [0.25, 0.3) is 0 Å². The van der Waals surface area contributed by atoms with Crippen LogP contribution in [-0.4, -0.2) is 55.1 Å². The third kappa shape index (κ3) is 3.30. The minimum absolute atomic E-state index is 0.107. The fourth-order valence-corrected chi connectivity index (χ4v) is 1.18. The second-order valence-corrected chi connectivity index (χ2v) is 3.56. The van der Waals surface area contributed by atoms with Gasteiger partial charge in [0.1, 0.15) is 0 Å². The first-order valence-corrected chi connectivity index (χ1v) is 4.59. The van der Waals surface area contributed by atoms with Gasteiger partial charge in [0, 0.05) is 26.2 Å². The van der Waals surface area contributed by atoms with Crippen LogP contribution in [0, 0.1) is 0 Å². The Morgan fingerprint density at radius 3 is 2.38 bits per heavy atom. The first kappa shape index (κ1) is 10.4. The molecule has 1 saturated heterocycles. The highest BCUT2D eigenvalue weighted by molar-refractivity contribution is 5.80. The van der Waals surface area contributed by atoms with Crippen LogP contribution in [0.3, 0.4) is 0 Å². The number of hydrogen-bond donors (Lipinski definition) is 2. The molecule has 0 aromatic heterocycles. The van der Waals surface area contributed by atoms with Crippen LogP contribution in [0.2, 0.25) is 0 Å². The van der Waals surface area contributed by atoms with Crippen LogP contribution < -0.4 is 11.2 Å². The molecule has 0 radical (unpaired) electrons. The summed E-state index contributed by atoms with van der Waals surface area (Å²) in [5, 5.41) is 1.92. The number of nitrogens with one attached hydrogen (secondary N) is 1. The van der Waals surface area contributed by atoms with Crippen molar-refractivity contribution in [1.29, 1.82) is 0 Å². The van der Waals surface area contributed by atoms with E-state index >= 15 is 0 Å². The number of nitrogens with two attached hydrogens (primary N) is 1. The normalized spacial score (nSPS) is 22.7. The van der Waals surface area contributed by atoms with E-state index in [2.05, 4.69) is 17.4 Å². The maximum atomic E-state index is 11.2. The molecule has 1 aliphatic rings. The largest absolute Gasteiger partial charge is 0.320 e. The number of nitrogens with zero attached hydrogens (tertiary/aromatic N) is 2.